The molecule has 2 heterocycles. The molecule has 0 radical (unpaired) electrons. The van der Waals surface area contributed by atoms with Crippen LogP contribution in [0.1, 0.15) is 12.8 Å². The van der Waals surface area contributed by atoms with Gasteiger partial charge in [-0.2, -0.15) is 0 Å². The molecule has 8 heteroatoms. The molecule has 0 amide bonds. The third-order valence-electron chi connectivity index (χ3n) is 4.91. The summed E-state index contributed by atoms with van der Waals surface area (Å²) in [4.78, 5) is 7.30. The quantitative estimate of drug-likeness (QED) is 0.466. The molecule has 0 N–H and O–H groups in total. The summed E-state index contributed by atoms with van der Waals surface area (Å²) in [5.41, 5.74) is 1.94. The number of rotatable bonds is 4. The van der Waals surface area contributed by atoms with E-state index in [1.807, 2.05) is 35.7 Å². The van der Waals surface area contributed by atoms with Crippen LogP contribution in [0.5, 0.6) is 0 Å². The summed E-state index contributed by atoms with van der Waals surface area (Å²) in [6, 6.07) is 14.6. The Bertz CT molecular complexity index is 1080. The number of hydrogen-bond donors (Lipinski definition) is 0. The second-order valence-electron chi connectivity index (χ2n) is 6.71. The van der Waals surface area contributed by atoms with Crippen LogP contribution >= 0.6 is 38.9 Å². The van der Waals surface area contributed by atoms with Gasteiger partial charge in [0.25, 0.3) is 0 Å². The topological polar surface area (TPSA) is 50.3 Å². The van der Waals surface area contributed by atoms with Crippen molar-refractivity contribution in [2.75, 3.05) is 18.0 Å². The molecule has 0 unspecified atom stereocenters. The van der Waals surface area contributed by atoms with Gasteiger partial charge in [0.15, 0.2) is 15.0 Å². The fourth-order valence-electron chi connectivity index (χ4n) is 3.36. The largest absolute Gasteiger partial charge is 0.348 e. The van der Waals surface area contributed by atoms with Gasteiger partial charge in [0, 0.05) is 33.5 Å². The predicted molar refractivity (Wildman–Crippen MR) is 119 cm³/mol. The Labute approximate surface area is 182 Å². The van der Waals surface area contributed by atoms with Crippen molar-refractivity contribution in [1.82, 2.24) is 4.98 Å². The molecule has 28 heavy (non-hydrogen) atoms. The van der Waals surface area contributed by atoms with Gasteiger partial charge >= 0.3 is 0 Å². The highest BCUT2D eigenvalue weighted by Gasteiger charge is 2.32. The van der Waals surface area contributed by atoms with E-state index in [4.69, 9.17) is 16.6 Å². The van der Waals surface area contributed by atoms with E-state index in [1.165, 1.54) is 0 Å². The lowest BCUT2D eigenvalue weighted by Crippen LogP contribution is -2.39. The second-order valence-corrected chi connectivity index (χ2v) is 11.1. The Kier molecular flexibility index (Phi) is 5.78. The number of aromatic nitrogens is 1. The van der Waals surface area contributed by atoms with Gasteiger partial charge in [0.1, 0.15) is 0 Å². The Morgan fingerprint density at radius 2 is 1.82 bits per heavy atom. The minimum atomic E-state index is -3.32. The number of sulfone groups is 1. The molecule has 1 aliphatic rings. The molecule has 146 valence electrons. The highest BCUT2D eigenvalue weighted by atomic mass is 79.9. The van der Waals surface area contributed by atoms with Gasteiger partial charge in [0.05, 0.1) is 15.8 Å². The lowest BCUT2D eigenvalue weighted by atomic mass is 10.1. The van der Waals surface area contributed by atoms with Crippen LogP contribution in [0.15, 0.2) is 63.3 Å². The first-order chi connectivity index (χ1) is 13.4. The third kappa shape index (κ3) is 4.13. The molecule has 1 fully saturated rings. The maximum atomic E-state index is 12.9. The zero-order valence-electron chi connectivity index (χ0n) is 14.9. The van der Waals surface area contributed by atoms with E-state index in [-0.39, 0.29) is 5.25 Å². The summed E-state index contributed by atoms with van der Waals surface area (Å²) in [5.74, 6) is 0. The number of thiazole rings is 1. The van der Waals surface area contributed by atoms with Crippen LogP contribution < -0.4 is 4.90 Å². The van der Waals surface area contributed by atoms with Crippen molar-refractivity contribution in [2.45, 2.75) is 23.0 Å². The molecule has 0 spiro atoms. The Morgan fingerprint density at radius 1 is 1.11 bits per heavy atom. The maximum absolute atomic E-state index is 12.9. The van der Waals surface area contributed by atoms with Crippen molar-refractivity contribution in [1.29, 1.82) is 0 Å². The van der Waals surface area contributed by atoms with Crippen LogP contribution in [0.3, 0.4) is 0 Å². The molecule has 1 saturated heterocycles. The van der Waals surface area contributed by atoms with Crippen LogP contribution in [0.4, 0.5) is 5.13 Å². The van der Waals surface area contributed by atoms with Gasteiger partial charge in [0.2, 0.25) is 0 Å². The first-order valence-electron chi connectivity index (χ1n) is 8.89. The van der Waals surface area contributed by atoms with Crippen molar-refractivity contribution >= 4 is 53.8 Å². The summed E-state index contributed by atoms with van der Waals surface area (Å²) in [5, 5.41) is 3.31. The van der Waals surface area contributed by atoms with Gasteiger partial charge in [-0.3, -0.25) is 0 Å². The molecule has 4 rings (SSSR count). The van der Waals surface area contributed by atoms with Crippen molar-refractivity contribution in [2.24, 2.45) is 0 Å². The predicted octanol–water partition coefficient (Wildman–Crippen LogP) is 5.67. The normalized spacial score (nSPS) is 15.7. The minimum Gasteiger partial charge on any atom is -0.348 e. The summed E-state index contributed by atoms with van der Waals surface area (Å²) >= 11 is 10.9. The van der Waals surface area contributed by atoms with Crippen LogP contribution in [-0.2, 0) is 9.84 Å². The fourth-order valence-corrected chi connectivity index (χ4v) is 6.70. The first kappa shape index (κ1) is 19.9. The standard InChI is InChI=1S/C20H18BrClN2O2S2/c21-15-2-1-3-18(12-15)28(25,26)17-8-10-24(11-9-17)20-23-19(13-27-20)14-4-6-16(22)7-5-14/h1-7,12-13,17H,8-11H2. The minimum absolute atomic E-state index is 0.353. The highest BCUT2D eigenvalue weighted by Crippen LogP contribution is 2.32. The number of anilines is 1. The molecule has 4 nitrogen and oxygen atoms in total. The van der Waals surface area contributed by atoms with Gasteiger partial charge < -0.3 is 4.90 Å². The molecular weight excluding hydrogens is 480 g/mol. The van der Waals surface area contributed by atoms with Crippen molar-refractivity contribution in [3.63, 3.8) is 0 Å². The summed E-state index contributed by atoms with van der Waals surface area (Å²) in [6.07, 6.45) is 1.20. The zero-order chi connectivity index (χ0) is 19.7. The van der Waals surface area contributed by atoms with Crippen LogP contribution in [-0.4, -0.2) is 31.7 Å². The van der Waals surface area contributed by atoms with Gasteiger partial charge in [-0.15, -0.1) is 11.3 Å². The van der Waals surface area contributed by atoms with E-state index in [0.717, 1.165) is 20.9 Å². The zero-order valence-corrected chi connectivity index (χ0v) is 18.9. The van der Waals surface area contributed by atoms with Crippen LogP contribution in [0.2, 0.25) is 5.02 Å². The lowest BCUT2D eigenvalue weighted by molar-refractivity contribution is 0.529. The smallest absolute Gasteiger partial charge is 0.185 e. The lowest BCUT2D eigenvalue weighted by Gasteiger charge is -2.31. The van der Waals surface area contributed by atoms with E-state index in [1.54, 1.807) is 29.5 Å². The first-order valence-corrected chi connectivity index (χ1v) is 12.5. The molecule has 0 aliphatic carbocycles. The van der Waals surface area contributed by atoms with Gasteiger partial charge in [-0.05, 0) is 43.2 Å². The van der Waals surface area contributed by atoms with Crippen molar-refractivity contribution < 1.29 is 8.42 Å². The van der Waals surface area contributed by atoms with Crippen molar-refractivity contribution in [3.8, 4) is 11.3 Å². The number of hydrogen-bond acceptors (Lipinski definition) is 5. The average molecular weight is 498 g/mol. The molecule has 2 aromatic carbocycles. The molecule has 0 saturated carbocycles. The fraction of sp³-hybridized carbons (Fsp3) is 0.250. The molecule has 3 aromatic rings. The number of nitrogens with zero attached hydrogens (tertiary/aromatic N) is 2. The summed E-state index contributed by atoms with van der Waals surface area (Å²) in [7, 11) is -3.32. The molecular formula is C20H18BrClN2O2S2. The Morgan fingerprint density at radius 3 is 2.50 bits per heavy atom. The molecule has 1 aliphatic heterocycles. The Balaban J connectivity index is 1.45. The van der Waals surface area contributed by atoms with Crippen LogP contribution in [0, 0.1) is 0 Å². The number of benzene rings is 2. The average Bonchev–Trinajstić information content (AvgIpc) is 3.19. The monoisotopic (exact) mass is 496 g/mol. The van der Waals surface area contributed by atoms with E-state index >= 15 is 0 Å². The highest BCUT2D eigenvalue weighted by molar-refractivity contribution is 9.10. The van der Waals surface area contributed by atoms with Gasteiger partial charge in [-0.1, -0.05) is 45.7 Å². The van der Waals surface area contributed by atoms with E-state index in [2.05, 4.69) is 20.8 Å². The third-order valence-corrected chi connectivity index (χ3v) is 8.81. The molecule has 0 bridgehead atoms. The van der Waals surface area contributed by atoms with Crippen molar-refractivity contribution in [3.05, 3.63) is 63.4 Å². The van der Waals surface area contributed by atoms with E-state index < -0.39 is 9.84 Å². The van der Waals surface area contributed by atoms with Crippen LogP contribution in [0.25, 0.3) is 11.3 Å². The number of piperidine rings is 1. The Hall–Kier alpha value is -1.41. The second kappa shape index (κ2) is 8.14. The molecule has 1 aromatic heterocycles. The molecule has 0 atom stereocenters. The summed E-state index contributed by atoms with van der Waals surface area (Å²) < 4.78 is 26.7. The van der Waals surface area contributed by atoms with E-state index in [9.17, 15) is 8.42 Å². The SMILES string of the molecule is O=S(=O)(c1cccc(Br)c1)C1CCN(c2nc(-c3ccc(Cl)cc3)cs2)CC1. The summed E-state index contributed by atoms with van der Waals surface area (Å²) in [6.45, 7) is 1.37. The van der Waals surface area contributed by atoms with E-state index in [0.29, 0.717) is 35.8 Å². The number of halogens is 2. The van der Waals surface area contributed by atoms with Gasteiger partial charge in [-0.25, -0.2) is 13.4 Å². The maximum Gasteiger partial charge on any atom is 0.185 e.